The second kappa shape index (κ2) is 6.77. The van der Waals surface area contributed by atoms with Crippen LogP contribution >= 0.6 is 0 Å². The van der Waals surface area contributed by atoms with Crippen molar-refractivity contribution in [2.24, 2.45) is 0 Å². The lowest BCUT2D eigenvalue weighted by Gasteiger charge is -2.15. The summed E-state index contributed by atoms with van der Waals surface area (Å²) >= 11 is 0. The van der Waals surface area contributed by atoms with E-state index in [1.165, 1.54) is 11.1 Å². The smallest absolute Gasteiger partial charge is 0.0320 e. The summed E-state index contributed by atoms with van der Waals surface area (Å²) in [7, 11) is 0. The number of rotatable bonds is 3. The molecule has 0 atom stereocenters. The molecule has 126 valence electrons. The minimum Gasteiger partial charge on any atom is -0.399 e. The average Bonchev–Trinajstić information content (AvgIpc) is 2.69. The molecule has 0 saturated heterocycles. The van der Waals surface area contributed by atoms with Crippen LogP contribution in [0.3, 0.4) is 0 Å². The molecule has 0 unspecified atom stereocenters. The fourth-order valence-corrected chi connectivity index (χ4v) is 3.29. The Labute approximate surface area is 153 Å². The number of nitrogens with two attached hydrogens (primary N) is 2. The minimum absolute atomic E-state index is 0.762. The highest BCUT2D eigenvalue weighted by Gasteiger charge is 2.12. The molecule has 0 aliphatic rings. The van der Waals surface area contributed by atoms with Crippen LogP contribution in [0, 0.1) is 0 Å². The van der Waals surface area contributed by atoms with Crippen molar-refractivity contribution in [2.75, 3.05) is 11.5 Å². The number of anilines is 2. The van der Waals surface area contributed by atoms with Gasteiger partial charge in [-0.1, -0.05) is 72.8 Å². The third-order valence-corrected chi connectivity index (χ3v) is 4.57. The molecule has 0 aliphatic carbocycles. The van der Waals surface area contributed by atoms with E-state index in [2.05, 4.69) is 54.6 Å². The first-order chi connectivity index (χ1) is 12.7. The van der Waals surface area contributed by atoms with E-state index in [-0.39, 0.29) is 0 Å². The van der Waals surface area contributed by atoms with Crippen LogP contribution in [-0.2, 0) is 0 Å². The Morgan fingerprint density at radius 1 is 0.385 bits per heavy atom. The van der Waals surface area contributed by atoms with Crippen LogP contribution in [0.4, 0.5) is 11.4 Å². The molecule has 0 bridgehead atoms. The van der Waals surface area contributed by atoms with Gasteiger partial charge in [0.05, 0.1) is 0 Å². The first-order valence-corrected chi connectivity index (χ1v) is 8.62. The van der Waals surface area contributed by atoms with E-state index < -0.39 is 0 Å². The van der Waals surface area contributed by atoms with Crippen LogP contribution in [0.25, 0.3) is 33.4 Å². The third kappa shape index (κ3) is 3.05. The standard InChI is InChI=1S/C24H20N2/c25-19-12-10-18(11-13-19)21-8-4-5-9-22(21)23-15-14-20(26)16-24(23)17-6-2-1-3-7-17/h1-16H,25-26H2. The largest absolute Gasteiger partial charge is 0.399 e. The van der Waals surface area contributed by atoms with Gasteiger partial charge in [-0.05, 0) is 57.6 Å². The Morgan fingerprint density at radius 2 is 0.923 bits per heavy atom. The first kappa shape index (κ1) is 16.0. The summed E-state index contributed by atoms with van der Waals surface area (Å²) < 4.78 is 0. The lowest BCUT2D eigenvalue weighted by molar-refractivity contribution is 1.56. The molecule has 0 radical (unpaired) electrons. The van der Waals surface area contributed by atoms with Gasteiger partial charge in [0.25, 0.3) is 0 Å². The fourth-order valence-electron chi connectivity index (χ4n) is 3.29. The van der Waals surface area contributed by atoms with Gasteiger partial charge in [0, 0.05) is 11.4 Å². The Morgan fingerprint density at radius 3 is 1.65 bits per heavy atom. The van der Waals surface area contributed by atoms with E-state index in [9.17, 15) is 0 Å². The molecule has 4 aromatic rings. The summed E-state index contributed by atoms with van der Waals surface area (Å²) in [4.78, 5) is 0. The minimum atomic E-state index is 0.762. The zero-order chi connectivity index (χ0) is 17.9. The zero-order valence-electron chi connectivity index (χ0n) is 14.4. The van der Waals surface area contributed by atoms with Crippen molar-refractivity contribution in [3.8, 4) is 33.4 Å². The van der Waals surface area contributed by atoms with Gasteiger partial charge in [-0.2, -0.15) is 0 Å². The van der Waals surface area contributed by atoms with Crippen molar-refractivity contribution in [2.45, 2.75) is 0 Å². The van der Waals surface area contributed by atoms with Gasteiger partial charge in [-0.3, -0.25) is 0 Å². The Balaban J connectivity index is 1.94. The summed E-state index contributed by atoms with van der Waals surface area (Å²) in [5, 5.41) is 0. The highest BCUT2D eigenvalue weighted by molar-refractivity contribution is 5.92. The molecule has 4 rings (SSSR count). The van der Waals surface area contributed by atoms with Crippen molar-refractivity contribution in [1.82, 2.24) is 0 Å². The Bertz CT molecular complexity index is 1040. The molecule has 26 heavy (non-hydrogen) atoms. The van der Waals surface area contributed by atoms with Crippen LogP contribution in [0.15, 0.2) is 97.1 Å². The second-order valence-corrected chi connectivity index (χ2v) is 6.34. The van der Waals surface area contributed by atoms with E-state index in [0.29, 0.717) is 0 Å². The van der Waals surface area contributed by atoms with Crippen molar-refractivity contribution in [3.63, 3.8) is 0 Å². The van der Waals surface area contributed by atoms with Gasteiger partial charge in [0.1, 0.15) is 0 Å². The van der Waals surface area contributed by atoms with Gasteiger partial charge in [-0.15, -0.1) is 0 Å². The summed E-state index contributed by atoms with van der Waals surface area (Å²) in [5.74, 6) is 0. The molecule has 2 nitrogen and oxygen atoms in total. The SMILES string of the molecule is Nc1ccc(-c2ccccc2-c2ccc(N)cc2-c2ccccc2)cc1. The summed E-state index contributed by atoms with van der Waals surface area (Å²) in [6.45, 7) is 0. The number of benzene rings is 4. The summed E-state index contributed by atoms with van der Waals surface area (Å²) in [6.07, 6.45) is 0. The molecule has 0 spiro atoms. The molecule has 0 aromatic heterocycles. The normalized spacial score (nSPS) is 10.6. The van der Waals surface area contributed by atoms with E-state index >= 15 is 0 Å². The highest BCUT2D eigenvalue weighted by atomic mass is 14.5. The predicted molar refractivity (Wildman–Crippen MR) is 112 cm³/mol. The van der Waals surface area contributed by atoms with Gasteiger partial charge < -0.3 is 11.5 Å². The van der Waals surface area contributed by atoms with Crippen LogP contribution in [0.5, 0.6) is 0 Å². The lowest BCUT2D eigenvalue weighted by atomic mass is 9.89. The Hall–Kier alpha value is -3.52. The quantitative estimate of drug-likeness (QED) is 0.461. The maximum absolute atomic E-state index is 6.09. The van der Waals surface area contributed by atoms with Crippen LogP contribution < -0.4 is 11.5 Å². The third-order valence-electron chi connectivity index (χ3n) is 4.57. The first-order valence-electron chi connectivity index (χ1n) is 8.62. The molecule has 0 fully saturated rings. The fraction of sp³-hybridized carbons (Fsp3) is 0. The molecule has 0 heterocycles. The van der Waals surface area contributed by atoms with Crippen molar-refractivity contribution in [1.29, 1.82) is 0 Å². The van der Waals surface area contributed by atoms with Gasteiger partial charge in [-0.25, -0.2) is 0 Å². The molecule has 0 aliphatic heterocycles. The zero-order valence-corrected chi connectivity index (χ0v) is 14.4. The highest BCUT2D eigenvalue weighted by Crippen LogP contribution is 2.39. The molecule has 4 N–H and O–H groups in total. The monoisotopic (exact) mass is 336 g/mol. The van der Waals surface area contributed by atoms with Crippen molar-refractivity contribution in [3.05, 3.63) is 97.1 Å². The maximum atomic E-state index is 6.09. The van der Waals surface area contributed by atoms with Crippen molar-refractivity contribution >= 4 is 11.4 Å². The number of hydrogen-bond acceptors (Lipinski definition) is 2. The molecule has 0 amide bonds. The summed E-state index contributed by atoms with van der Waals surface area (Å²) in [6, 6.07) is 32.9. The average molecular weight is 336 g/mol. The van der Waals surface area contributed by atoms with E-state index in [1.54, 1.807) is 0 Å². The Kier molecular flexibility index (Phi) is 4.16. The van der Waals surface area contributed by atoms with E-state index in [1.807, 2.05) is 42.5 Å². The number of hydrogen-bond donors (Lipinski definition) is 2. The predicted octanol–water partition coefficient (Wildman–Crippen LogP) is 5.85. The van der Waals surface area contributed by atoms with E-state index in [4.69, 9.17) is 11.5 Å². The summed E-state index contributed by atoms with van der Waals surface area (Å²) in [5.41, 5.74) is 20.4. The molecule has 2 heteroatoms. The van der Waals surface area contributed by atoms with E-state index in [0.717, 1.165) is 33.6 Å². The molecular weight excluding hydrogens is 316 g/mol. The van der Waals surface area contributed by atoms with Gasteiger partial charge in [0.2, 0.25) is 0 Å². The van der Waals surface area contributed by atoms with Crippen LogP contribution in [-0.4, -0.2) is 0 Å². The maximum Gasteiger partial charge on any atom is 0.0320 e. The topological polar surface area (TPSA) is 52.0 Å². The molecule has 4 aromatic carbocycles. The van der Waals surface area contributed by atoms with Gasteiger partial charge in [0.15, 0.2) is 0 Å². The van der Waals surface area contributed by atoms with Crippen LogP contribution in [0.2, 0.25) is 0 Å². The molecular formula is C24H20N2. The number of nitrogen functional groups attached to an aromatic ring is 2. The van der Waals surface area contributed by atoms with Crippen LogP contribution in [0.1, 0.15) is 0 Å². The molecule has 0 saturated carbocycles. The lowest BCUT2D eigenvalue weighted by Crippen LogP contribution is -1.92. The van der Waals surface area contributed by atoms with Crippen molar-refractivity contribution < 1.29 is 0 Å². The van der Waals surface area contributed by atoms with Gasteiger partial charge >= 0.3 is 0 Å². The second-order valence-electron chi connectivity index (χ2n) is 6.34.